The number of carbonyl (C=O) groups is 2. The monoisotopic (exact) mass is 271 g/mol. The fraction of sp³-hybridized carbons (Fsp3) is 0.846. The first kappa shape index (κ1) is 15.8. The van der Waals surface area contributed by atoms with E-state index in [9.17, 15) is 9.59 Å². The Balaban J connectivity index is 2.50. The molecule has 0 aromatic rings. The summed E-state index contributed by atoms with van der Waals surface area (Å²) in [6, 6.07) is 0.134. The van der Waals surface area contributed by atoms with Crippen LogP contribution in [-0.2, 0) is 9.53 Å². The summed E-state index contributed by atoms with van der Waals surface area (Å²) in [6.07, 6.45) is -0.311. The van der Waals surface area contributed by atoms with E-state index in [0.29, 0.717) is 13.1 Å². The number of hydrogen-bond acceptors (Lipinski definition) is 4. The number of likely N-dealkylation sites (tertiary alicyclic amines) is 1. The molecule has 2 N–H and O–H groups in total. The van der Waals surface area contributed by atoms with Crippen molar-refractivity contribution in [3.05, 3.63) is 0 Å². The number of hydrogen-bond donors (Lipinski definition) is 1. The maximum Gasteiger partial charge on any atom is 0.410 e. The zero-order chi connectivity index (χ0) is 15.0. The van der Waals surface area contributed by atoms with E-state index in [4.69, 9.17) is 10.5 Å². The lowest BCUT2D eigenvalue weighted by Crippen LogP contribution is -2.67. The molecule has 0 spiro atoms. The maximum absolute atomic E-state index is 11.8. The van der Waals surface area contributed by atoms with Crippen LogP contribution in [0.15, 0.2) is 0 Å². The zero-order valence-electron chi connectivity index (χ0n) is 12.7. The minimum absolute atomic E-state index is 0.134. The van der Waals surface area contributed by atoms with Crippen molar-refractivity contribution in [2.75, 3.05) is 20.1 Å². The van der Waals surface area contributed by atoms with Gasteiger partial charge in [0.1, 0.15) is 5.60 Å². The molecule has 0 bridgehead atoms. The van der Waals surface area contributed by atoms with Gasteiger partial charge in [0.25, 0.3) is 0 Å². The Morgan fingerprint density at radius 2 is 1.68 bits per heavy atom. The largest absolute Gasteiger partial charge is 0.444 e. The van der Waals surface area contributed by atoms with Crippen LogP contribution in [0.1, 0.15) is 34.6 Å². The van der Waals surface area contributed by atoms with Gasteiger partial charge in [0.2, 0.25) is 5.91 Å². The third-order valence-corrected chi connectivity index (χ3v) is 3.55. The van der Waals surface area contributed by atoms with Gasteiger partial charge in [0, 0.05) is 19.1 Å². The number of likely N-dealkylation sites (N-methyl/N-ethyl adjacent to an activating group) is 1. The SMILES string of the molecule is CN(C1CN(C(=O)OC(C)(C)C)C1)C(C)(C)C(N)=O. The third-order valence-electron chi connectivity index (χ3n) is 3.55. The highest BCUT2D eigenvalue weighted by molar-refractivity contribution is 5.83. The van der Waals surface area contributed by atoms with E-state index in [1.54, 1.807) is 18.7 Å². The van der Waals surface area contributed by atoms with Crippen molar-refractivity contribution in [1.29, 1.82) is 0 Å². The van der Waals surface area contributed by atoms with Crippen molar-refractivity contribution in [3.63, 3.8) is 0 Å². The van der Waals surface area contributed by atoms with Crippen LogP contribution in [0.5, 0.6) is 0 Å². The highest BCUT2D eigenvalue weighted by Gasteiger charge is 2.42. The lowest BCUT2D eigenvalue weighted by atomic mass is 9.97. The van der Waals surface area contributed by atoms with E-state index in [0.717, 1.165) is 0 Å². The Hall–Kier alpha value is -1.30. The Labute approximate surface area is 114 Å². The average molecular weight is 271 g/mol. The number of carbonyl (C=O) groups excluding carboxylic acids is 2. The molecule has 0 aliphatic carbocycles. The van der Waals surface area contributed by atoms with Crippen molar-refractivity contribution in [3.8, 4) is 0 Å². The minimum atomic E-state index is -0.718. The summed E-state index contributed by atoms with van der Waals surface area (Å²) < 4.78 is 5.28. The molecule has 0 aromatic carbocycles. The molecule has 6 heteroatoms. The summed E-state index contributed by atoms with van der Waals surface area (Å²) in [5.74, 6) is -0.370. The van der Waals surface area contributed by atoms with Crippen LogP contribution in [0, 0.1) is 0 Å². The molecule has 1 aliphatic rings. The van der Waals surface area contributed by atoms with Gasteiger partial charge in [-0.1, -0.05) is 0 Å². The van der Waals surface area contributed by atoms with E-state index in [2.05, 4.69) is 0 Å². The van der Waals surface area contributed by atoms with Gasteiger partial charge >= 0.3 is 6.09 Å². The van der Waals surface area contributed by atoms with Gasteiger partial charge in [-0.3, -0.25) is 9.69 Å². The second-order valence-corrected chi connectivity index (χ2v) is 6.57. The quantitative estimate of drug-likeness (QED) is 0.824. The summed E-state index contributed by atoms with van der Waals surface area (Å²) in [4.78, 5) is 26.7. The average Bonchev–Trinajstić information content (AvgIpc) is 2.11. The predicted molar refractivity (Wildman–Crippen MR) is 72.6 cm³/mol. The van der Waals surface area contributed by atoms with Gasteiger partial charge in [-0.25, -0.2) is 4.79 Å². The van der Waals surface area contributed by atoms with Crippen LogP contribution in [-0.4, -0.2) is 59.1 Å². The fourth-order valence-corrected chi connectivity index (χ4v) is 1.81. The molecule has 1 rings (SSSR count). The smallest absolute Gasteiger partial charge is 0.410 e. The topological polar surface area (TPSA) is 75.9 Å². The Bertz CT molecular complexity index is 368. The van der Waals surface area contributed by atoms with Crippen molar-refractivity contribution in [1.82, 2.24) is 9.80 Å². The maximum atomic E-state index is 11.8. The summed E-state index contributed by atoms with van der Waals surface area (Å²) >= 11 is 0. The Kier molecular flexibility index (Phi) is 4.14. The van der Waals surface area contributed by atoms with E-state index in [-0.39, 0.29) is 18.0 Å². The molecule has 0 radical (unpaired) electrons. The second-order valence-electron chi connectivity index (χ2n) is 6.57. The van der Waals surface area contributed by atoms with Crippen molar-refractivity contribution in [2.24, 2.45) is 5.73 Å². The Morgan fingerprint density at radius 1 is 1.21 bits per heavy atom. The van der Waals surface area contributed by atoms with Crippen LogP contribution < -0.4 is 5.73 Å². The van der Waals surface area contributed by atoms with Crippen LogP contribution in [0.4, 0.5) is 4.79 Å². The number of primary amides is 1. The molecule has 1 aliphatic heterocycles. The van der Waals surface area contributed by atoms with Crippen molar-refractivity contribution in [2.45, 2.75) is 51.8 Å². The van der Waals surface area contributed by atoms with Gasteiger partial charge in [-0.05, 0) is 41.7 Å². The molecule has 1 fully saturated rings. The molecule has 19 heavy (non-hydrogen) atoms. The first-order chi connectivity index (χ1) is 8.45. The number of ether oxygens (including phenoxy) is 1. The minimum Gasteiger partial charge on any atom is -0.444 e. The number of nitrogens with two attached hydrogens (primary N) is 1. The molecule has 0 atom stereocenters. The standard InChI is InChI=1S/C13H25N3O3/c1-12(2,3)19-11(18)16-7-9(8-16)15(6)13(4,5)10(14)17/h9H,7-8H2,1-6H3,(H2,14,17). The summed E-state index contributed by atoms with van der Waals surface area (Å²) in [5.41, 5.74) is 4.18. The number of rotatable bonds is 3. The van der Waals surface area contributed by atoms with Crippen LogP contribution in [0.2, 0.25) is 0 Å². The fourth-order valence-electron chi connectivity index (χ4n) is 1.81. The van der Waals surface area contributed by atoms with E-state index in [1.165, 1.54) is 0 Å². The first-order valence-electron chi connectivity index (χ1n) is 6.46. The van der Waals surface area contributed by atoms with Crippen LogP contribution >= 0.6 is 0 Å². The number of nitrogens with zero attached hydrogens (tertiary/aromatic N) is 2. The molecular weight excluding hydrogens is 246 g/mol. The molecule has 1 heterocycles. The van der Waals surface area contributed by atoms with E-state index >= 15 is 0 Å². The molecule has 0 saturated carbocycles. The van der Waals surface area contributed by atoms with Gasteiger partial charge in [-0.15, -0.1) is 0 Å². The van der Waals surface area contributed by atoms with Gasteiger partial charge in [0.05, 0.1) is 5.54 Å². The van der Waals surface area contributed by atoms with Gasteiger partial charge < -0.3 is 15.4 Å². The molecule has 0 aromatic heterocycles. The lowest BCUT2D eigenvalue weighted by molar-refractivity contribution is -0.131. The normalized spacial score (nSPS) is 17.3. The van der Waals surface area contributed by atoms with Crippen LogP contribution in [0.3, 0.4) is 0 Å². The van der Waals surface area contributed by atoms with E-state index in [1.807, 2.05) is 32.7 Å². The summed E-state index contributed by atoms with van der Waals surface area (Å²) in [5, 5.41) is 0. The number of amides is 2. The summed E-state index contributed by atoms with van der Waals surface area (Å²) in [6.45, 7) is 10.2. The molecule has 2 amide bonds. The highest BCUT2D eigenvalue weighted by Crippen LogP contribution is 2.23. The van der Waals surface area contributed by atoms with Gasteiger partial charge in [-0.2, -0.15) is 0 Å². The summed E-state index contributed by atoms with van der Waals surface area (Å²) in [7, 11) is 1.85. The highest BCUT2D eigenvalue weighted by atomic mass is 16.6. The van der Waals surface area contributed by atoms with Crippen molar-refractivity contribution >= 4 is 12.0 Å². The van der Waals surface area contributed by atoms with Gasteiger partial charge in [0.15, 0.2) is 0 Å². The molecule has 0 unspecified atom stereocenters. The van der Waals surface area contributed by atoms with Crippen LogP contribution in [0.25, 0.3) is 0 Å². The Morgan fingerprint density at radius 3 is 2.05 bits per heavy atom. The first-order valence-corrected chi connectivity index (χ1v) is 6.46. The van der Waals surface area contributed by atoms with E-state index < -0.39 is 11.1 Å². The molecule has 110 valence electrons. The third kappa shape index (κ3) is 3.59. The predicted octanol–water partition coefficient (Wildman–Crippen LogP) is 0.801. The molecule has 6 nitrogen and oxygen atoms in total. The van der Waals surface area contributed by atoms with Crippen molar-refractivity contribution < 1.29 is 14.3 Å². The molecule has 1 saturated heterocycles. The lowest BCUT2D eigenvalue weighted by Gasteiger charge is -2.48. The second kappa shape index (κ2) is 5.00. The molecular formula is C13H25N3O3. The zero-order valence-corrected chi connectivity index (χ0v) is 12.7.